The summed E-state index contributed by atoms with van der Waals surface area (Å²) in [5, 5.41) is 0. The lowest BCUT2D eigenvalue weighted by Crippen LogP contribution is -2.25. The molecule has 33 heavy (non-hydrogen) atoms. The van der Waals surface area contributed by atoms with Gasteiger partial charge in [0.15, 0.2) is 0 Å². The van der Waals surface area contributed by atoms with E-state index in [1.54, 1.807) is 11.1 Å². The summed E-state index contributed by atoms with van der Waals surface area (Å²) < 4.78 is 0. The summed E-state index contributed by atoms with van der Waals surface area (Å²) in [7, 11) is 0. The van der Waals surface area contributed by atoms with E-state index in [2.05, 4.69) is 87.7 Å². The Balaban J connectivity index is 1.82. The van der Waals surface area contributed by atoms with Gasteiger partial charge in [-0.05, 0) is 74.6 Å². The number of rotatable bonds is 14. The molecular formula is C33H42. The van der Waals surface area contributed by atoms with Crippen molar-refractivity contribution in [3.05, 3.63) is 108 Å². The first-order valence-corrected chi connectivity index (χ1v) is 12.9. The maximum Gasteiger partial charge on any atom is 0.0215 e. The van der Waals surface area contributed by atoms with E-state index >= 15 is 0 Å². The number of benzene rings is 2. The van der Waals surface area contributed by atoms with E-state index in [0.717, 1.165) is 12.8 Å². The number of unbranched alkanes of at least 4 members (excludes halogenated alkanes) is 6. The van der Waals surface area contributed by atoms with Crippen LogP contribution in [0.25, 0.3) is 11.1 Å². The second-order valence-corrected chi connectivity index (χ2v) is 9.71. The van der Waals surface area contributed by atoms with Gasteiger partial charge in [0.2, 0.25) is 0 Å². The van der Waals surface area contributed by atoms with E-state index in [9.17, 15) is 0 Å². The summed E-state index contributed by atoms with van der Waals surface area (Å²) in [6.07, 6.45) is 24.9. The normalized spacial score (nSPS) is 14.0. The van der Waals surface area contributed by atoms with Gasteiger partial charge in [0.1, 0.15) is 0 Å². The minimum atomic E-state index is 0.163. The van der Waals surface area contributed by atoms with Gasteiger partial charge >= 0.3 is 0 Å². The highest BCUT2D eigenvalue weighted by molar-refractivity contribution is 5.81. The number of fused-ring (bicyclic) bond motifs is 3. The Hall–Kier alpha value is -2.60. The highest BCUT2D eigenvalue weighted by atomic mass is 14.4. The van der Waals surface area contributed by atoms with Crippen LogP contribution in [0.15, 0.2) is 86.0 Å². The van der Waals surface area contributed by atoms with Crippen LogP contribution >= 0.6 is 0 Å². The zero-order chi connectivity index (χ0) is 23.5. The van der Waals surface area contributed by atoms with Crippen LogP contribution in [0.1, 0.15) is 86.5 Å². The molecule has 0 fully saturated rings. The highest BCUT2D eigenvalue weighted by Gasteiger charge is 2.42. The molecule has 1 aliphatic rings. The number of hydrogen-bond acceptors (Lipinski definition) is 0. The fourth-order valence-electron chi connectivity index (χ4n) is 5.50. The van der Waals surface area contributed by atoms with Crippen molar-refractivity contribution in [3.63, 3.8) is 0 Å². The Morgan fingerprint density at radius 3 is 1.52 bits per heavy atom. The predicted octanol–water partition coefficient (Wildman–Crippen LogP) is 9.96. The van der Waals surface area contributed by atoms with Crippen LogP contribution in [0.3, 0.4) is 0 Å². The van der Waals surface area contributed by atoms with Crippen molar-refractivity contribution in [2.24, 2.45) is 0 Å². The average Bonchev–Trinajstić information content (AvgIpc) is 3.06. The standard InChI is InChI=1S/C33H42/c1-5-7-9-11-13-15-17-23-33(24-18-16-14-12-10-8-6-2)31-25-27(3)19-21-29(31)30-22-20-28(4)26-32(30)33/h5-10,19-22,25-26H,1-2,11-18,23-24H2,3-4H3/b9-7-,10-8-. The fourth-order valence-corrected chi connectivity index (χ4v) is 5.50. The van der Waals surface area contributed by atoms with Crippen molar-refractivity contribution in [2.45, 2.75) is 83.5 Å². The molecule has 3 rings (SSSR count). The van der Waals surface area contributed by atoms with E-state index in [1.807, 2.05) is 12.2 Å². The lowest BCUT2D eigenvalue weighted by molar-refractivity contribution is 0.402. The summed E-state index contributed by atoms with van der Waals surface area (Å²) in [6, 6.07) is 14.3. The molecule has 174 valence electrons. The molecule has 1 aliphatic carbocycles. The molecule has 0 nitrogen and oxygen atoms in total. The molecule has 0 aliphatic heterocycles. The molecule has 0 heteroatoms. The fraction of sp³-hybridized carbons (Fsp3) is 0.394. The molecule has 0 spiro atoms. The van der Waals surface area contributed by atoms with Crippen molar-refractivity contribution >= 4 is 0 Å². The Morgan fingerprint density at radius 1 is 0.636 bits per heavy atom. The van der Waals surface area contributed by atoms with E-state index in [4.69, 9.17) is 0 Å². The first kappa shape index (κ1) is 25.0. The topological polar surface area (TPSA) is 0 Å². The summed E-state index contributed by atoms with van der Waals surface area (Å²) in [4.78, 5) is 0. The highest BCUT2D eigenvalue weighted by Crippen LogP contribution is 2.54. The van der Waals surface area contributed by atoms with Crippen molar-refractivity contribution in [1.82, 2.24) is 0 Å². The van der Waals surface area contributed by atoms with Crippen LogP contribution in [0.4, 0.5) is 0 Å². The molecule has 0 amide bonds. The zero-order valence-electron chi connectivity index (χ0n) is 20.9. The van der Waals surface area contributed by atoms with Crippen LogP contribution in [0.2, 0.25) is 0 Å². The van der Waals surface area contributed by atoms with Gasteiger partial charge in [0.25, 0.3) is 0 Å². The third-order valence-corrected chi connectivity index (χ3v) is 7.16. The molecule has 0 saturated carbocycles. The van der Waals surface area contributed by atoms with E-state index in [-0.39, 0.29) is 5.41 Å². The lowest BCUT2D eigenvalue weighted by atomic mass is 9.70. The Kier molecular flexibility index (Phi) is 9.55. The number of hydrogen-bond donors (Lipinski definition) is 0. The van der Waals surface area contributed by atoms with E-state index in [1.165, 1.54) is 73.6 Å². The molecule has 0 saturated heterocycles. The molecular weight excluding hydrogens is 396 g/mol. The number of allylic oxidation sites excluding steroid dienone is 6. The third-order valence-electron chi connectivity index (χ3n) is 7.16. The van der Waals surface area contributed by atoms with Crippen molar-refractivity contribution in [2.75, 3.05) is 0 Å². The monoisotopic (exact) mass is 438 g/mol. The van der Waals surface area contributed by atoms with Crippen LogP contribution in [-0.2, 0) is 5.41 Å². The summed E-state index contributed by atoms with van der Waals surface area (Å²) in [5.74, 6) is 0. The van der Waals surface area contributed by atoms with E-state index < -0.39 is 0 Å². The van der Waals surface area contributed by atoms with Gasteiger partial charge < -0.3 is 0 Å². The second-order valence-electron chi connectivity index (χ2n) is 9.71. The number of aryl methyl sites for hydroxylation is 2. The summed E-state index contributed by atoms with van der Waals surface area (Å²) in [5.41, 5.74) is 9.04. The lowest BCUT2D eigenvalue weighted by Gasteiger charge is -2.33. The van der Waals surface area contributed by atoms with Crippen LogP contribution < -0.4 is 0 Å². The minimum absolute atomic E-state index is 0.163. The molecule has 0 heterocycles. The summed E-state index contributed by atoms with van der Waals surface area (Å²) in [6.45, 7) is 12.0. The summed E-state index contributed by atoms with van der Waals surface area (Å²) >= 11 is 0. The Bertz CT molecular complexity index is 904. The van der Waals surface area contributed by atoms with Gasteiger partial charge in [-0.3, -0.25) is 0 Å². The van der Waals surface area contributed by atoms with Crippen molar-refractivity contribution < 1.29 is 0 Å². The SMILES string of the molecule is C=C/C=C\CCCCCC1(CCCCC/C=C\C=C)c2cc(C)ccc2-c2ccc(C)cc21. The third kappa shape index (κ3) is 6.26. The smallest absolute Gasteiger partial charge is 0.0215 e. The predicted molar refractivity (Wildman–Crippen MR) is 147 cm³/mol. The molecule has 0 radical (unpaired) electrons. The molecule has 2 aromatic rings. The largest absolute Gasteiger partial charge is 0.0991 e. The first-order chi connectivity index (χ1) is 16.1. The molecule has 0 unspecified atom stereocenters. The van der Waals surface area contributed by atoms with Gasteiger partial charge in [-0.1, -0.05) is 123 Å². The van der Waals surface area contributed by atoms with Gasteiger partial charge in [-0.2, -0.15) is 0 Å². The minimum Gasteiger partial charge on any atom is -0.0991 e. The van der Waals surface area contributed by atoms with Crippen molar-refractivity contribution in [1.29, 1.82) is 0 Å². The average molecular weight is 439 g/mol. The molecule has 0 N–H and O–H groups in total. The second kappa shape index (κ2) is 12.6. The van der Waals surface area contributed by atoms with E-state index in [0.29, 0.717) is 0 Å². The molecule has 0 bridgehead atoms. The van der Waals surface area contributed by atoms with Crippen LogP contribution in [-0.4, -0.2) is 0 Å². The Morgan fingerprint density at radius 2 is 1.09 bits per heavy atom. The van der Waals surface area contributed by atoms with Crippen molar-refractivity contribution in [3.8, 4) is 11.1 Å². The van der Waals surface area contributed by atoms with Gasteiger partial charge in [-0.25, -0.2) is 0 Å². The maximum atomic E-state index is 3.77. The quantitative estimate of drug-likeness (QED) is 0.203. The van der Waals surface area contributed by atoms with Crippen LogP contribution in [0.5, 0.6) is 0 Å². The van der Waals surface area contributed by atoms with Gasteiger partial charge in [0.05, 0.1) is 0 Å². The molecule has 0 atom stereocenters. The maximum absolute atomic E-state index is 3.77. The first-order valence-electron chi connectivity index (χ1n) is 12.9. The molecule has 0 aromatic heterocycles. The van der Waals surface area contributed by atoms with Crippen LogP contribution in [0, 0.1) is 13.8 Å². The Labute approximate surface area is 202 Å². The zero-order valence-corrected chi connectivity index (χ0v) is 20.9. The van der Waals surface area contributed by atoms with Gasteiger partial charge in [-0.15, -0.1) is 0 Å². The molecule has 2 aromatic carbocycles. The van der Waals surface area contributed by atoms with Gasteiger partial charge in [0, 0.05) is 5.41 Å².